The van der Waals surface area contributed by atoms with E-state index in [0.29, 0.717) is 0 Å². The van der Waals surface area contributed by atoms with Crippen LogP contribution in [0.4, 0.5) is 4.79 Å². The highest BCUT2D eigenvalue weighted by Gasteiger charge is 2.31. The first kappa shape index (κ1) is 26.7. The zero-order valence-electron chi connectivity index (χ0n) is 22.5. The summed E-state index contributed by atoms with van der Waals surface area (Å²) in [6.07, 6.45) is 4.16. The SMILES string of the molecule is CCN(CC)C(=O)n1cc[n+](C)c1.c1ccc([B-](c2ccccc2)(c2ccccc2)c2ccccc2)cc1. The highest BCUT2D eigenvalue weighted by atomic mass is 16.2. The molecule has 4 nitrogen and oxygen atoms in total. The Kier molecular flexibility index (Phi) is 8.94. The largest absolute Gasteiger partial charge is 0.415 e. The number of carbonyl (C=O) groups is 1. The van der Waals surface area contributed by atoms with Gasteiger partial charge in [-0.2, -0.15) is 26.4 Å². The summed E-state index contributed by atoms with van der Waals surface area (Å²) in [5.74, 6) is 0. The molecule has 0 saturated heterocycles. The molecule has 4 aromatic carbocycles. The monoisotopic (exact) mass is 501 g/mol. The lowest BCUT2D eigenvalue weighted by Gasteiger charge is -2.44. The molecule has 38 heavy (non-hydrogen) atoms. The number of imidazole rings is 1. The third kappa shape index (κ3) is 5.62. The van der Waals surface area contributed by atoms with Crippen LogP contribution in [0.3, 0.4) is 0 Å². The second-order valence-electron chi connectivity index (χ2n) is 9.45. The minimum atomic E-state index is -1.22. The number of rotatable bonds is 6. The summed E-state index contributed by atoms with van der Waals surface area (Å²) in [5, 5.41) is 0. The number of carbonyl (C=O) groups excluding carboxylic acids is 1. The lowest BCUT2D eigenvalue weighted by atomic mass is 9.13. The van der Waals surface area contributed by atoms with Gasteiger partial charge in [0.25, 0.3) is 6.33 Å². The summed E-state index contributed by atoms with van der Waals surface area (Å²) in [6, 6.07) is 43.6. The normalized spacial score (nSPS) is 10.8. The predicted molar refractivity (Wildman–Crippen MR) is 159 cm³/mol. The van der Waals surface area contributed by atoms with Crippen LogP contribution >= 0.6 is 0 Å². The second-order valence-corrected chi connectivity index (χ2v) is 9.45. The van der Waals surface area contributed by atoms with Crippen molar-refractivity contribution in [3.8, 4) is 0 Å². The molecule has 0 atom stereocenters. The number of nitrogens with zero attached hydrogens (tertiary/aromatic N) is 3. The van der Waals surface area contributed by atoms with E-state index in [0.717, 1.165) is 13.1 Å². The fourth-order valence-corrected chi connectivity index (χ4v) is 5.34. The lowest BCUT2D eigenvalue weighted by Crippen LogP contribution is -2.74. The molecule has 5 rings (SSSR count). The molecule has 0 saturated carbocycles. The van der Waals surface area contributed by atoms with Crippen molar-refractivity contribution in [3.63, 3.8) is 0 Å². The van der Waals surface area contributed by atoms with Gasteiger partial charge in [-0.15, -0.1) is 0 Å². The van der Waals surface area contributed by atoms with Crippen molar-refractivity contribution < 1.29 is 9.36 Å². The summed E-state index contributed by atoms with van der Waals surface area (Å²) in [5.41, 5.74) is 5.36. The van der Waals surface area contributed by atoms with Gasteiger partial charge in [0.1, 0.15) is 18.5 Å². The van der Waals surface area contributed by atoms with Gasteiger partial charge in [0.15, 0.2) is 0 Å². The van der Waals surface area contributed by atoms with Gasteiger partial charge in [-0.1, -0.05) is 121 Å². The summed E-state index contributed by atoms with van der Waals surface area (Å²) in [7, 11) is 1.89. The van der Waals surface area contributed by atoms with Crippen molar-refractivity contribution in [1.29, 1.82) is 0 Å². The van der Waals surface area contributed by atoms with Gasteiger partial charge in [-0.3, -0.25) is 0 Å². The molecule has 0 spiro atoms. The maximum absolute atomic E-state index is 11.7. The molecule has 5 aromatic rings. The van der Waals surface area contributed by atoms with Crippen LogP contribution in [-0.2, 0) is 7.05 Å². The molecule has 5 heteroatoms. The van der Waals surface area contributed by atoms with E-state index in [-0.39, 0.29) is 6.03 Å². The number of aromatic nitrogens is 2. The van der Waals surface area contributed by atoms with E-state index in [4.69, 9.17) is 0 Å². The van der Waals surface area contributed by atoms with Gasteiger partial charge in [0.2, 0.25) is 0 Å². The molecule has 0 fully saturated rings. The van der Waals surface area contributed by atoms with Gasteiger partial charge in [-0.05, 0) is 13.8 Å². The Labute approximate surface area is 226 Å². The molecule has 0 radical (unpaired) electrons. The van der Waals surface area contributed by atoms with Gasteiger partial charge in [-0.25, -0.2) is 9.36 Å². The van der Waals surface area contributed by atoms with E-state index < -0.39 is 6.15 Å². The molecular weight excluding hydrogens is 465 g/mol. The molecule has 1 aromatic heterocycles. The van der Waals surface area contributed by atoms with Crippen LogP contribution in [0.2, 0.25) is 0 Å². The smallest absolute Gasteiger partial charge is 0.305 e. The van der Waals surface area contributed by atoms with E-state index in [9.17, 15) is 4.79 Å². The Morgan fingerprint density at radius 1 is 0.658 bits per heavy atom. The van der Waals surface area contributed by atoms with Crippen LogP contribution < -0.4 is 26.4 Å². The Hall–Kier alpha value is -4.38. The third-order valence-electron chi connectivity index (χ3n) is 7.22. The van der Waals surface area contributed by atoms with Crippen molar-refractivity contribution in [1.82, 2.24) is 9.47 Å². The fraction of sp³-hybridized carbons (Fsp3) is 0.152. The van der Waals surface area contributed by atoms with E-state index in [1.165, 1.54) is 21.9 Å². The zero-order valence-corrected chi connectivity index (χ0v) is 22.5. The van der Waals surface area contributed by atoms with Crippen molar-refractivity contribution in [3.05, 3.63) is 140 Å². The Morgan fingerprint density at radius 2 is 1.00 bits per heavy atom. The topological polar surface area (TPSA) is 29.1 Å². The molecule has 0 aliphatic carbocycles. The van der Waals surface area contributed by atoms with E-state index >= 15 is 0 Å². The van der Waals surface area contributed by atoms with Crippen LogP contribution in [0.1, 0.15) is 13.8 Å². The first-order valence-electron chi connectivity index (χ1n) is 13.3. The standard InChI is InChI=1S/C24H20B.C9H16N3O/c1-5-13-21(14-6-1)25(22-15-7-2-8-16-22,23-17-9-3-10-18-23)24-19-11-4-12-20-24;1-4-11(5-2)9(13)12-7-6-10(3)8-12/h1-20H;6-8H,4-5H2,1-3H3/q-1;+1. The van der Waals surface area contributed by atoms with Gasteiger partial charge in [0.05, 0.1) is 7.05 Å². The molecule has 192 valence electrons. The molecule has 0 N–H and O–H groups in total. The average molecular weight is 501 g/mol. The molecular formula is C33H36BN3O. The summed E-state index contributed by atoms with van der Waals surface area (Å²) >= 11 is 0. The molecule has 0 bridgehead atoms. The Bertz CT molecular complexity index is 1240. The molecule has 0 aliphatic rings. The minimum Gasteiger partial charge on any atom is -0.305 e. The fourth-order valence-electron chi connectivity index (χ4n) is 5.34. The molecule has 0 unspecified atom stereocenters. The summed E-state index contributed by atoms with van der Waals surface area (Å²) in [4.78, 5) is 13.5. The number of benzene rings is 4. The first-order valence-corrected chi connectivity index (χ1v) is 13.3. The number of aryl methyl sites for hydroxylation is 1. The Morgan fingerprint density at radius 3 is 1.26 bits per heavy atom. The minimum absolute atomic E-state index is 0.0330. The van der Waals surface area contributed by atoms with Crippen molar-refractivity contribution in [2.24, 2.45) is 7.05 Å². The maximum Gasteiger partial charge on any atom is 0.415 e. The van der Waals surface area contributed by atoms with Gasteiger partial charge < -0.3 is 4.90 Å². The second kappa shape index (κ2) is 12.7. The predicted octanol–water partition coefficient (Wildman–Crippen LogP) is 3.69. The van der Waals surface area contributed by atoms with Crippen LogP contribution in [0.5, 0.6) is 0 Å². The van der Waals surface area contributed by atoms with Crippen LogP contribution in [-0.4, -0.2) is 34.7 Å². The van der Waals surface area contributed by atoms with Gasteiger partial charge in [0, 0.05) is 13.1 Å². The quantitative estimate of drug-likeness (QED) is 0.258. The van der Waals surface area contributed by atoms with Crippen molar-refractivity contribution >= 4 is 34.0 Å². The number of hydrogen-bond donors (Lipinski definition) is 0. The number of hydrogen-bond acceptors (Lipinski definition) is 1. The van der Waals surface area contributed by atoms with Crippen molar-refractivity contribution in [2.75, 3.05) is 13.1 Å². The lowest BCUT2D eigenvalue weighted by molar-refractivity contribution is -0.670. The van der Waals surface area contributed by atoms with Crippen molar-refractivity contribution in [2.45, 2.75) is 13.8 Å². The average Bonchev–Trinajstić information content (AvgIpc) is 3.43. The van der Waals surface area contributed by atoms with E-state index in [1.54, 1.807) is 22.0 Å². The molecule has 0 aliphatic heterocycles. The first-order chi connectivity index (χ1) is 18.6. The Balaban J connectivity index is 0.000000219. The van der Waals surface area contributed by atoms with Gasteiger partial charge >= 0.3 is 6.03 Å². The van der Waals surface area contributed by atoms with Crippen LogP contribution in [0, 0.1) is 0 Å². The van der Waals surface area contributed by atoms with Crippen LogP contribution in [0.15, 0.2) is 140 Å². The molecule has 1 heterocycles. The zero-order chi connectivity index (χ0) is 26.8. The molecule has 1 amide bonds. The van der Waals surface area contributed by atoms with E-state index in [2.05, 4.69) is 121 Å². The highest BCUT2D eigenvalue weighted by Crippen LogP contribution is 2.09. The maximum atomic E-state index is 11.7. The van der Waals surface area contributed by atoms with Crippen LogP contribution in [0.25, 0.3) is 0 Å². The highest BCUT2D eigenvalue weighted by molar-refractivity contribution is 7.19. The third-order valence-corrected chi connectivity index (χ3v) is 7.22. The summed E-state index contributed by atoms with van der Waals surface area (Å²) in [6.45, 7) is 5.45. The van der Waals surface area contributed by atoms with E-state index in [1.807, 2.05) is 31.7 Å². The summed E-state index contributed by atoms with van der Waals surface area (Å²) < 4.78 is 3.44. The number of amides is 1.